The summed E-state index contributed by atoms with van der Waals surface area (Å²) in [5.74, 6) is -1.17. The normalized spacial score (nSPS) is 11.9. The third-order valence-electron chi connectivity index (χ3n) is 3.29. The highest BCUT2D eigenvalue weighted by Crippen LogP contribution is 2.23. The van der Waals surface area contributed by atoms with Crippen molar-refractivity contribution in [1.29, 1.82) is 0 Å². The van der Waals surface area contributed by atoms with Gasteiger partial charge in [0, 0.05) is 4.47 Å². The van der Waals surface area contributed by atoms with Crippen molar-refractivity contribution >= 4 is 39.1 Å². The van der Waals surface area contributed by atoms with Crippen LogP contribution in [0.3, 0.4) is 0 Å². The van der Waals surface area contributed by atoms with Crippen molar-refractivity contribution in [1.82, 2.24) is 5.32 Å². The minimum absolute atomic E-state index is 0.153. The number of halogens is 1. The van der Waals surface area contributed by atoms with E-state index in [2.05, 4.69) is 21.2 Å². The third-order valence-corrected chi connectivity index (χ3v) is 4.77. The Hall–Kier alpha value is -1.66. The number of carboxylic acids is 1. The smallest absolute Gasteiger partial charge is 0.305 e. The lowest BCUT2D eigenvalue weighted by atomic mass is 10.0. The maximum absolute atomic E-state index is 12.4. The zero-order chi connectivity index (χ0) is 16.1. The van der Waals surface area contributed by atoms with Gasteiger partial charge >= 0.3 is 5.97 Å². The fourth-order valence-corrected chi connectivity index (χ4v) is 3.32. The number of aliphatic carboxylic acids is 1. The number of carbonyl (C=O) groups excluding carboxylic acids is 1. The number of carboxylic acid groups (broad SMARTS) is 1. The number of hydrogen-bond donors (Lipinski definition) is 2. The molecule has 1 amide bonds. The van der Waals surface area contributed by atoms with Crippen LogP contribution in [0.5, 0.6) is 0 Å². The molecule has 0 aliphatic carbocycles. The molecule has 1 atom stereocenters. The zero-order valence-electron chi connectivity index (χ0n) is 12.0. The fourth-order valence-electron chi connectivity index (χ4n) is 2.16. The minimum Gasteiger partial charge on any atom is -0.481 e. The van der Waals surface area contributed by atoms with Gasteiger partial charge < -0.3 is 10.4 Å². The summed E-state index contributed by atoms with van der Waals surface area (Å²) >= 11 is 4.72. The molecule has 1 aromatic carbocycles. The lowest BCUT2D eigenvalue weighted by molar-refractivity contribution is -0.137. The first kappa shape index (κ1) is 16.7. The first-order valence-electron chi connectivity index (χ1n) is 6.85. The maximum atomic E-state index is 12.4. The van der Waals surface area contributed by atoms with Gasteiger partial charge in [-0.25, -0.2) is 0 Å². The van der Waals surface area contributed by atoms with Gasteiger partial charge in [0.2, 0.25) is 0 Å². The van der Waals surface area contributed by atoms with Crippen LogP contribution in [-0.4, -0.2) is 17.0 Å². The minimum atomic E-state index is -0.949. The summed E-state index contributed by atoms with van der Waals surface area (Å²) in [5, 5.41) is 13.8. The average Bonchev–Trinajstić information content (AvgIpc) is 2.95. The van der Waals surface area contributed by atoms with Gasteiger partial charge in [-0.2, -0.15) is 0 Å². The Kier molecular flexibility index (Phi) is 5.74. The molecule has 22 heavy (non-hydrogen) atoms. The molecule has 0 bridgehead atoms. The Morgan fingerprint density at radius 3 is 2.55 bits per heavy atom. The number of thiophene rings is 1. The molecule has 0 saturated carbocycles. The molecule has 1 unspecified atom stereocenters. The van der Waals surface area contributed by atoms with Crippen LogP contribution in [0.2, 0.25) is 0 Å². The van der Waals surface area contributed by atoms with Crippen LogP contribution in [0.1, 0.15) is 40.2 Å². The third kappa shape index (κ3) is 4.18. The summed E-state index contributed by atoms with van der Waals surface area (Å²) in [6.45, 7) is 1.99. The molecule has 116 valence electrons. The van der Waals surface area contributed by atoms with Gasteiger partial charge in [-0.15, -0.1) is 11.3 Å². The Labute approximate surface area is 141 Å². The molecule has 0 radical (unpaired) electrons. The Morgan fingerprint density at radius 2 is 1.95 bits per heavy atom. The fraction of sp³-hybridized carbons (Fsp3) is 0.250. The molecule has 6 heteroatoms. The van der Waals surface area contributed by atoms with Crippen LogP contribution in [0.25, 0.3) is 0 Å². The predicted molar refractivity (Wildman–Crippen MR) is 90.3 cm³/mol. The van der Waals surface area contributed by atoms with Gasteiger partial charge in [-0.1, -0.05) is 35.0 Å². The highest BCUT2D eigenvalue weighted by atomic mass is 79.9. The van der Waals surface area contributed by atoms with Crippen LogP contribution in [-0.2, 0) is 11.2 Å². The molecule has 4 nitrogen and oxygen atoms in total. The molecular formula is C16H16BrNO3S. The van der Waals surface area contributed by atoms with Gasteiger partial charge in [0.15, 0.2) is 0 Å². The van der Waals surface area contributed by atoms with E-state index >= 15 is 0 Å². The van der Waals surface area contributed by atoms with Gasteiger partial charge in [0.1, 0.15) is 0 Å². The predicted octanol–water partition coefficient (Wildman–Crippen LogP) is 4.02. The number of nitrogens with one attached hydrogen (secondary N) is 1. The van der Waals surface area contributed by atoms with Crippen LogP contribution in [0, 0.1) is 0 Å². The number of aryl methyl sites for hydroxylation is 1. The van der Waals surface area contributed by atoms with Crippen molar-refractivity contribution in [3.8, 4) is 0 Å². The molecule has 0 aliphatic heterocycles. The Balaban J connectivity index is 2.21. The van der Waals surface area contributed by atoms with Gasteiger partial charge in [-0.05, 0) is 41.1 Å². The summed E-state index contributed by atoms with van der Waals surface area (Å²) in [6.07, 6.45) is 0.619. The number of amides is 1. The van der Waals surface area contributed by atoms with Crippen LogP contribution >= 0.6 is 27.3 Å². The SMILES string of the molecule is CCc1ccsc1C(=O)NC(CC(=O)O)c1ccc(Br)cc1. The van der Waals surface area contributed by atoms with Crippen molar-refractivity contribution in [2.75, 3.05) is 0 Å². The van der Waals surface area contributed by atoms with Crippen molar-refractivity contribution in [3.05, 3.63) is 56.2 Å². The van der Waals surface area contributed by atoms with Gasteiger partial charge in [0.05, 0.1) is 17.3 Å². The van der Waals surface area contributed by atoms with E-state index in [-0.39, 0.29) is 12.3 Å². The van der Waals surface area contributed by atoms with Crippen LogP contribution in [0.4, 0.5) is 0 Å². The van der Waals surface area contributed by atoms with Gasteiger partial charge in [0.25, 0.3) is 5.91 Å². The van der Waals surface area contributed by atoms with Crippen molar-refractivity contribution < 1.29 is 14.7 Å². The highest BCUT2D eigenvalue weighted by Gasteiger charge is 2.20. The summed E-state index contributed by atoms with van der Waals surface area (Å²) in [7, 11) is 0. The number of hydrogen-bond acceptors (Lipinski definition) is 3. The standard InChI is InChI=1S/C16H16BrNO3S/c1-2-10-7-8-22-15(10)16(21)18-13(9-14(19)20)11-3-5-12(17)6-4-11/h3-8,13H,2,9H2,1H3,(H,18,21)(H,19,20). The molecule has 2 N–H and O–H groups in total. The highest BCUT2D eigenvalue weighted by molar-refractivity contribution is 9.10. The lowest BCUT2D eigenvalue weighted by Crippen LogP contribution is -2.30. The largest absolute Gasteiger partial charge is 0.481 e. The summed E-state index contributed by atoms with van der Waals surface area (Å²) in [5.41, 5.74) is 1.75. The first-order chi connectivity index (χ1) is 10.5. The van der Waals surface area contributed by atoms with E-state index in [9.17, 15) is 9.59 Å². The zero-order valence-corrected chi connectivity index (χ0v) is 14.4. The second-order valence-electron chi connectivity index (χ2n) is 4.80. The molecule has 2 aromatic rings. The topological polar surface area (TPSA) is 66.4 Å². The van der Waals surface area contributed by atoms with E-state index in [0.29, 0.717) is 4.88 Å². The average molecular weight is 382 g/mol. The molecular weight excluding hydrogens is 366 g/mol. The second-order valence-corrected chi connectivity index (χ2v) is 6.64. The van der Waals surface area contributed by atoms with Crippen molar-refractivity contribution in [2.24, 2.45) is 0 Å². The number of carbonyl (C=O) groups is 2. The first-order valence-corrected chi connectivity index (χ1v) is 8.53. The number of benzene rings is 1. The Bertz CT molecular complexity index is 666. The maximum Gasteiger partial charge on any atom is 0.305 e. The van der Waals surface area contributed by atoms with Crippen LogP contribution in [0.15, 0.2) is 40.2 Å². The molecule has 0 aliphatic rings. The second kappa shape index (κ2) is 7.56. The van der Waals surface area contributed by atoms with Crippen LogP contribution < -0.4 is 5.32 Å². The van der Waals surface area contributed by atoms with E-state index in [1.165, 1.54) is 11.3 Å². The summed E-state index contributed by atoms with van der Waals surface area (Å²) in [4.78, 5) is 24.1. The van der Waals surface area contributed by atoms with Gasteiger partial charge in [-0.3, -0.25) is 9.59 Å². The summed E-state index contributed by atoms with van der Waals surface area (Å²) < 4.78 is 0.906. The van der Waals surface area contributed by atoms with Crippen molar-refractivity contribution in [2.45, 2.75) is 25.8 Å². The molecule has 1 heterocycles. The van der Waals surface area contributed by atoms with E-state index in [4.69, 9.17) is 5.11 Å². The molecule has 0 spiro atoms. The van der Waals surface area contributed by atoms with E-state index in [1.807, 2.05) is 42.6 Å². The Morgan fingerprint density at radius 1 is 1.27 bits per heavy atom. The monoisotopic (exact) mass is 381 g/mol. The molecule has 1 aromatic heterocycles. The number of rotatable bonds is 6. The molecule has 0 saturated heterocycles. The van der Waals surface area contributed by atoms with E-state index in [0.717, 1.165) is 22.0 Å². The van der Waals surface area contributed by atoms with E-state index in [1.54, 1.807) is 0 Å². The van der Waals surface area contributed by atoms with E-state index < -0.39 is 12.0 Å². The lowest BCUT2D eigenvalue weighted by Gasteiger charge is -2.17. The quantitative estimate of drug-likeness (QED) is 0.793. The summed E-state index contributed by atoms with van der Waals surface area (Å²) in [6, 6.07) is 8.66. The molecule has 2 rings (SSSR count). The molecule has 0 fully saturated rings. The van der Waals surface area contributed by atoms with Crippen molar-refractivity contribution in [3.63, 3.8) is 0 Å².